The molecule has 1 aliphatic heterocycles. The van der Waals surface area contributed by atoms with Gasteiger partial charge in [-0.2, -0.15) is 0 Å². The highest BCUT2D eigenvalue weighted by molar-refractivity contribution is 6.33. The first-order valence-corrected chi connectivity index (χ1v) is 9.39. The van der Waals surface area contributed by atoms with Crippen LogP contribution in [-0.2, 0) is 0 Å². The lowest BCUT2D eigenvalue weighted by molar-refractivity contribution is 0.0746. The van der Waals surface area contributed by atoms with Crippen LogP contribution in [-0.4, -0.2) is 52.2 Å². The summed E-state index contributed by atoms with van der Waals surface area (Å²) in [6.07, 6.45) is 1.72. The van der Waals surface area contributed by atoms with E-state index < -0.39 is 0 Å². The number of nitrogens with zero attached hydrogens (tertiary/aromatic N) is 5. The highest BCUT2D eigenvalue weighted by Crippen LogP contribution is 2.20. The molecule has 3 aromatic rings. The minimum Gasteiger partial charge on any atom is -0.352 e. The zero-order valence-electron chi connectivity index (χ0n) is 15.1. The maximum absolute atomic E-state index is 12.7. The van der Waals surface area contributed by atoms with E-state index in [1.165, 1.54) is 0 Å². The van der Waals surface area contributed by atoms with Crippen LogP contribution in [0.1, 0.15) is 10.4 Å². The summed E-state index contributed by atoms with van der Waals surface area (Å²) in [5, 5.41) is 12.1. The molecular weight excluding hydrogens is 376 g/mol. The smallest absolute Gasteiger partial charge is 0.255 e. The summed E-state index contributed by atoms with van der Waals surface area (Å²) in [6, 6.07) is 16.6. The number of hydrogen-bond donors (Lipinski definition) is 1. The predicted octanol–water partition coefficient (Wildman–Crippen LogP) is 3.23. The normalized spacial score (nSPS) is 14.0. The lowest BCUT2D eigenvalue weighted by Crippen LogP contribution is -2.49. The van der Waals surface area contributed by atoms with Crippen LogP contribution < -0.4 is 10.2 Å². The van der Waals surface area contributed by atoms with Crippen molar-refractivity contribution >= 4 is 35.0 Å². The molecule has 0 atom stereocenters. The average molecular weight is 395 g/mol. The Morgan fingerprint density at radius 1 is 0.893 bits per heavy atom. The number of piperazine rings is 1. The Morgan fingerprint density at radius 2 is 1.68 bits per heavy atom. The molecule has 1 amide bonds. The molecule has 0 saturated carbocycles. The van der Waals surface area contributed by atoms with Crippen LogP contribution >= 0.6 is 11.6 Å². The summed E-state index contributed by atoms with van der Waals surface area (Å²) in [5.41, 5.74) is 0.544. The van der Waals surface area contributed by atoms with Gasteiger partial charge in [0.25, 0.3) is 5.91 Å². The Bertz CT molecular complexity index is 942. The van der Waals surface area contributed by atoms with Gasteiger partial charge in [-0.05, 0) is 36.4 Å². The molecule has 3 heterocycles. The van der Waals surface area contributed by atoms with Gasteiger partial charge >= 0.3 is 0 Å². The summed E-state index contributed by atoms with van der Waals surface area (Å²) in [5.74, 6) is 2.11. The molecule has 0 radical (unpaired) electrons. The number of carbonyl (C=O) groups is 1. The van der Waals surface area contributed by atoms with E-state index in [1.807, 2.05) is 47.4 Å². The fraction of sp³-hybridized carbons (Fsp3) is 0.200. The van der Waals surface area contributed by atoms with Gasteiger partial charge in [-0.15, -0.1) is 10.2 Å². The number of nitrogens with one attached hydrogen (secondary N) is 1. The van der Waals surface area contributed by atoms with Crippen LogP contribution in [0.5, 0.6) is 0 Å². The minimum absolute atomic E-state index is 0.0359. The van der Waals surface area contributed by atoms with E-state index >= 15 is 0 Å². The molecule has 142 valence electrons. The van der Waals surface area contributed by atoms with E-state index in [9.17, 15) is 4.79 Å². The summed E-state index contributed by atoms with van der Waals surface area (Å²) in [4.78, 5) is 20.8. The summed E-state index contributed by atoms with van der Waals surface area (Å²) in [7, 11) is 0. The standard InChI is InChI=1S/C20H19ClN6O/c21-16-6-2-1-5-15(16)20(28)27-13-11-26(12-14-27)19-9-8-18(24-25-19)23-17-7-3-4-10-22-17/h1-10H,11-14H2,(H,22,23,24). The SMILES string of the molecule is O=C(c1ccccc1Cl)N1CCN(c2ccc(Nc3ccccn3)nn2)CC1. The number of amides is 1. The van der Waals surface area contributed by atoms with E-state index in [-0.39, 0.29) is 5.91 Å². The molecule has 1 saturated heterocycles. The molecule has 0 spiro atoms. The van der Waals surface area contributed by atoms with Gasteiger partial charge in [-0.25, -0.2) is 4.98 Å². The number of aromatic nitrogens is 3. The molecule has 1 aliphatic rings. The van der Waals surface area contributed by atoms with Crippen molar-refractivity contribution in [2.45, 2.75) is 0 Å². The highest BCUT2D eigenvalue weighted by Gasteiger charge is 2.24. The van der Waals surface area contributed by atoms with Crippen LogP contribution in [0.25, 0.3) is 0 Å². The largest absolute Gasteiger partial charge is 0.352 e. The lowest BCUT2D eigenvalue weighted by Gasteiger charge is -2.35. The third kappa shape index (κ3) is 4.04. The predicted molar refractivity (Wildman–Crippen MR) is 109 cm³/mol. The first-order chi connectivity index (χ1) is 13.7. The van der Waals surface area contributed by atoms with Gasteiger partial charge in [-0.1, -0.05) is 29.8 Å². The second-order valence-corrected chi connectivity index (χ2v) is 6.78. The fourth-order valence-corrected chi connectivity index (χ4v) is 3.29. The first kappa shape index (κ1) is 18.2. The third-order valence-electron chi connectivity index (χ3n) is 4.57. The second-order valence-electron chi connectivity index (χ2n) is 6.38. The molecule has 1 N–H and O–H groups in total. The Balaban J connectivity index is 1.36. The van der Waals surface area contributed by atoms with Gasteiger partial charge in [0.15, 0.2) is 11.6 Å². The molecule has 8 heteroatoms. The van der Waals surface area contributed by atoms with Crippen LogP contribution in [0.3, 0.4) is 0 Å². The van der Waals surface area contributed by atoms with Gasteiger partial charge < -0.3 is 15.1 Å². The molecule has 0 unspecified atom stereocenters. The fourth-order valence-electron chi connectivity index (χ4n) is 3.07. The number of hydrogen-bond acceptors (Lipinski definition) is 6. The van der Waals surface area contributed by atoms with Crippen molar-refractivity contribution in [3.05, 3.63) is 71.4 Å². The monoisotopic (exact) mass is 394 g/mol. The van der Waals surface area contributed by atoms with E-state index in [0.29, 0.717) is 42.6 Å². The second kappa shape index (κ2) is 8.22. The van der Waals surface area contributed by atoms with Gasteiger partial charge in [0.05, 0.1) is 10.6 Å². The zero-order chi connectivity index (χ0) is 19.3. The maximum Gasteiger partial charge on any atom is 0.255 e. The van der Waals surface area contributed by atoms with Crippen LogP contribution in [0.2, 0.25) is 5.02 Å². The summed E-state index contributed by atoms with van der Waals surface area (Å²) in [6.45, 7) is 2.61. The third-order valence-corrected chi connectivity index (χ3v) is 4.90. The molecule has 2 aromatic heterocycles. The quantitative estimate of drug-likeness (QED) is 0.732. The van der Waals surface area contributed by atoms with Gasteiger partial charge in [0.1, 0.15) is 5.82 Å². The van der Waals surface area contributed by atoms with Crippen molar-refractivity contribution in [1.82, 2.24) is 20.1 Å². The van der Waals surface area contributed by atoms with Crippen molar-refractivity contribution in [3.8, 4) is 0 Å². The van der Waals surface area contributed by atoms with Gasteiger partial charge in [0.2, 0.25) is 0 Å². The Labute approximate surface area is 168 Å². The van der Waals surface area contributed by atoms with Crippen LogP contribution in [0.15, 0.2) is 60.8 Å². The van der Waals surface area contributed by atoms with E-state index in [0.717, 1.165) is 11.6 Å². The Hall–Kier alpha value is -3.19. The first-order valence-electron chi connectivity index (χ1n) is 9.01. The molecule has 0 aliphatic carbocycles. The van der Waals surface area contributed by atoms with Crippen LogP contribution in [0, 0.1) is 0 Å². The molecule has 1 aromatic carbocycles. The average Bonchev–Trinajstić information content (AvgIpc) is 2.75. The number of benzene rings is 1. The highest BCUT2D eigenvalue weighted by atomic mass is 35.5. The number of halogens is 1. The number of carbonyl (C=O) groups excluding carboxylic acids is 1. The van der Waals surface area contributed by atoms with E-state index in [1.54, 1.807) is 18.3 Å². The van der Waals surface area contributed by atoms with Gasteiger partial charge in [-0.3, -0.25) is 4.79 Å². The molecule has 1 fully saturated rings. The number of pyridine rings is 1. The van der Waals surface area contributed by atoms with Crippen molar-refractivity contribution in [2.75, 3.05) is 36.4 Å². The van der Waals surface area contributed by atoms with Crippen molar-refractivity contribution < 1.29 is 4.79 Å². The van der Waals surface area contributed by atoms with Crippen molar-refractivity contribution in [3.63, 3.8) is 0 Å². The van der Waals surface area contributed by atoms with E-state index in [2.05, 4.69) is 25.4 Å². The lowest BCUT2D eigenvalue weighted by atomic mass is 10.2. The Kier molecular flexibility index (Phi) is 5.34. The topological polar surface area (TPSA) is 74.2 Å². The van der Waals surface area contributed by atoms with Crippen molar-refractivity contribution in [2.24, 2.45) is 0 Å². The maximum atomic E-state index is 12.7. The van der Waals surface area contributed by atoms with E-state index in [4.69, 9.17) is 11.6 Å². The van der Waals surface area contributed by atoms with Gasteiger partial charge in [0, 0.05) is 32.4 Å². The number of rotatable bonds is 4. The molecular formula is C20H19ClN6O. The molecule has 4 rings (SSSR count). The molecule has 7 nitrogen and oxygen atoms in total. The molecule has 0 bridgehead atoms. The summed E-state index contributed by atoms with van der Waals surface area (Å²) < 4.78 is 0. The minimum atomic E-state index is -0.0359. The zero-order valence-corrected chi connectivity index (χ0v) is 15.9. The molecule has 28 heavy (non-hydrogen) atoms. The number of anilines is 3. The van der Waals surface area contributed by atoms with Crippen LogP contribution in [0.4, 0.5) is 17.5 Å². The Morgan fingerprint density at radius 3 is 2.36 bits per heavy atom. The summed E-state index contributed by atoms with van der Waals surface area (Å²) >= 11 is 6.15. The van der Waals surface area contributed by atoms with Crippen molar-refractivity contribution in [1.29, 1.82) is 0 Å².